The number of aromatic nitrogens is 3. The number of hydrogen-bond acceptors (Lipinski definition) is 4. The standard InChI is InChI=1S/C19H20Cl2N4O2/c1-10(2)11(3)23-17-14(8-12-5-4-6-13(20)7-12)16(21)24-18-15(19(26)27)9-22-25(17)18/h4-7,9-11,23H,8H2,1-3H3,(H,26,27)/t11-/m1/s1. The maximum atomic E-state index is 11.5. The van der Waals surface area contributed by atoms with Gasteiger partial charge in [-0.25, -0.2) is 9.78 Å². The first-order valence-corrected chi connectivity index (χ1v) is 9.34. The quantitative estimate of drug-likeness (QED) is 0.575. The summed E-state index contributed by atoms with van der Waals surface area (Å²) in [6.07, 6.45) is 1.77. The van der Waals surface area contributed by atoms with Crippen molar-refractivity contribution in [1.29, 1.82) is 0 Å². The molecule has 0 bridgehead atoms. The Balaban J connectivity index is 2.18. The van der Waals surface area contributed by atoms with Crippen molar-refractivity contribution < 1.29 is 9.90 Å². The van der Waals surface area contributed by atoms with Gasteiger partial charge in [-0.1, -0.05) is 49.2 Å². The Morgan fingerprint density at radius 2 is 2.04 bits per heavy atom. The molecule has 2 N–H and O–H groups in total. The lowest BCUT2D eigenvalue weighted by molar-refractivity contribution is 0.0699. The smallest absolute Gasteiger partial charge is 0.341 e. The molecule has 27 heavy (non-hydrogen) atoms. The highest BCUT2D eigenvalue weighted by Crippen LogP contribution is 2.30. The number of aromatic carboxylic acids is 1. The van der Waals surface area contributed by atoms with E-state index < -0.39 is 5.97 Å². The third-order valence-electron chi connectivity index (χ3n) is 4.56. The molecule has 1 atom stereocenters. The van der Waals surface area contributed by atoms with Gasteiger partial charge in [0.15, 0.2) is 5.65 Å². The SMILES string of the molecule is CC(C)[C@@H](C)Nc1c(Cc2cccc(Cl)c2)c(Cl)nc2c(C(=O)O)cnn12. The summed E-state index contributed by atoms with van der Waals surface area (Å²) in [5.74, 6) is -0.113. The van der Waals surface area contributed by atoms with Crippen molar-refractivity contribution in [3.05, 3.63) is 57.3 Å². The Morgan fingerprint density at radius 1 is 1.30 bits per heavy atom. The highest BCUT2D eigenvalue weighted by molar-refractivity contribution is 6.31. The van der Waals surface area contributed by atoms with Crippen LogP contribution in [0.15, 0.2) is 30.5 Å². The first-order valence-electron chi connectivity index (χ1n) is 8.58. The van der Waals surface area contributed by atoms with Crippen molar-refractivity contribution in [3.63, 3.8) is 0 Å². The van der Waals surface area contributed by atoms with Gasteiger partial charge in [-0.3, -0.25) is 0 Å². The van der Waals surface area contributed by atoms with Gasteiger partial charge in [0.1, 0.15) is 16.5 Å². The van der Waals surface area contributed by atoms with E-state index in [9.17, 15) is 9.90 Å². The van der Waals surface area contributed by atoms with Gasteiger partial charge in [-0.05, 0) is 30.5 Å². The molecule has 0 saturated carbocycles. The Labute approximate surface area is 167 Å². The van der Waals surface area contributed by atoms with E-state index in [-0.39, 0.29) is 22.4 Å². The molecule has 2 aromatic heterocycles. The van der Waals surface area contributed by atoms with Gasteiger partial charge < -0.3 is 10.4 Å². The molecule has 0 unspecified atom stereocenters. The number of rotatable bonds is 6. The summed E-state index contributed by atoms with van der Waals surface area (Å²) in [5, 5.41) is 17.9. The minimum atomic E-state index is -1.10. The van der Waals surface area contributed by atoms with Crippen LogP contribution in [0.1, 0.15) is 42.3 Å². The fourth-order valence-electron chi connectivity index (χ4n) is 2.69. The largest absolute Gasteiger partial charge is 0.477 e. The number of fused-ring (bicyclic) bond motifs is 1. The first-order chi connectivity index (χ1) is 12.8. The monoisotopic (exact) mass is 406 g/mol. The zero-order chi connectivity index (χ0) is 19.7. The fourth-order valence-corrected chi connectivity index (χ4v) is 3.14. The maximum Gasteiger partial charge on any atom is 0.341 e. The van der Waals surface area contributed by atoms with Crippen molar-refractivity contribution in [2.45, 2.75) is 33.2 Å². The molecule has 3 aromatic rings. The van der Waals surface area contributed by atoms with Crippen molar-refractivity contribution in [2.24, 2.45) is 5.92 Å². The van der Waals surface area contributed by atoms with E-state index >= 15 is 0 Å². The van der Waals surface area contributed by atoms with E-state index in [0.717, 1.165) is 11.1 Å². The molecule has 6 nitrogen and oxygen atoms in total. The van der Waals surface area contributed by atoms with Crippen molar-refractivity contribution in [1.82, 2.24) is 14.6 Å². The van der Waals surface area contributed by atoms with Crippen LogP contribution in [0.3, 0.4) is 0 Å². The van der Waals surface area contributed by atoms with Gasteiger partial charge in [0.25, 0.3) is 0 Å². The van der Waals surface area contributed by atoms with E-state index in [1.54, 1.807) is 6.07 Å². The highest BCUT2D eigenvalue weighted by atomic mass is 35.5. The summed E-state index contributed by atoms with van der Waals surface area (Å²) in [7, 11) is 0. The molecular formula is C19H20Cl2N4O2. The molecule has 0 radical (unpaired) electrons. The van der Waals surface area contributed by atoms with Crippen molar-refractivity contribution in [3.8, 4) is 0 Å². The van der Waals surface area contributed by atoms with Crippen LogP contribution < -0.4 is 5.32 Å². The number of anilines is 1. The average Bonchev–Trinajstić information content (AvgIpc) is 3.01. The molecule has 8 heteroatoms. The normalized spacial score (nSPS) is 12.5. The Morgan fingerprint density at radius 3 is 2.67 bits per heavy atom. The Kier molecular flexibility index (Phi) is 5.58. The summed E-state index contributed by atoms with van der Waals surface area (Å²) in [5.41, 5.74) is 1.92. The molecule has 0 fully saturated rings. The Hall–Kier alpha value is -2.31. The van der Waals surface area contributed by atoms with Crippen LogP contribution in [0.4, 0.5) is 5.82 Å². The predicted molar refractivity (Wildman–Crippen MR) is 107 cm³/mol. The molecule has 0 aliphatic rings. The van der Waals surface area contributed by atoms with E-state index in [0.29, 0.717) is 23.2 Å². The highest BCUT2D eigenvalue weighted by Gasteiger charge is 2.22. The van der Waals surface area contributed by atoms with Gasteiger partial charge in [0.2, 0.25) is 0 Å². The minimum Gasteiger partial charge on any atom is -0.477 e. The van der Waals surface area contributed by atoms with Crippen LogP contribution in [-0.2, 0) is 6.42 Å². The van der Waals surface area contributed by atoms with Gasteiger partial charge in [-0.15, -0.1) is 0 Å². The Bertz CT molecular complexity index is 1000. The number of carbonyl (C=O) groups is 1. The van der Waals surface area contributed by atoms with Crippen LogP contribution in [0.2, 0.25) is 10.2 Å². The number of benzene rings is 1. The minimum absolute atomic E-state index is 0.00598. The summed E-state index contributed by atoms with van der Waals surface area (Å²) < 4.78 is 1.51. The summed E-state index contributed by atoms with van der Waals surface area (Å²) in [6.45, 7) is 6.25. The molecular weight excluding hydrogens is 387 g/mol. The van der Waals surface area contributed by atoms with Gasteiger partial charge in [0.05, 0.1) is 6.20 Å². The third kappa shape index (κ3) is 4.01. The predicted octanol–water partition coefficient (Wildman–Crippen LogP) is 4.78. The third-order valence-corrected chi connectivity index (χ3v) is 5.11. The van der Waals surface area contributed by atoms with Crippen LogP contribution in [0.5, 0.6) is 0 Å². The molecule has 0 amide bonds. The molecule has 142 valence electrons. The number of carboxylic acid groups (broad SMARTS) is 1. The van der Waals surface area contributed by atoms with Gasteiger partial charge in [-0.2, -0.15) is 9.61 Å². The summed E-state index contributed by atoms with van der Waals surface area (Å²) in [4.78, 5) is 15.8. The molecule has 3 rings (SSSR count). The van der Waals surface area contributed by atoms with Crippen LogP contribution >= 0.6 is 23.2 Å². The zero-order valence-electron chi connectivity index (χ0n) is 15.2. The molecule has 0 aliphatic heterocycles. The molecule has 0 aliphatic carbocycles. The van der Waals surface area contributed by atoms with E-state index in [1.807, 2.05) is 18.2 Å². The maximum absolute atomic E-state index is 11.5. The molecule has 1 aromatic carbocycles. The first kappa shape index (κ1) is 19.5. The van der Waals surface area contributed by atoms with Gasteiger partial charge in [0, 0.05) is 23.0 Å². The molecule has 2 heterocycles. The topological polar surface area (TPSA) is 79.5 Å². The molecule has 0 saturated heterocycles. The van der Waals surface area contributed by atoms with Crippen LogP contribution in [0.25, 0.3) is 5.65 Å². The second kappa shape index (κ2) is 7.74. The number of carboxylic acids is 1. The lowest BCUT2D eigenvalue weighted by atomic mass is 10.0. The lowest BCUT2D eigenvalue weighted by Crippen LogP contribution is -2.24. The van der Waals surface area contributed by atoms with Crippen LogP contribution in [0, 0.1) is 5.92 Å². The number of hydrogen-bond donors (Lipinski definition) is 2. The number of nitrogens with one attached hydrogen (secondary N) is 1. The van der Waals surface area contributed by atoms with Crippen molar-refractivity contribution >= 4 is 40.6 Å². The van der Waals surface area contributed by atoms with Gasteiger partial charge >= 0.3 is 5.97 Å². The second-order valence-corrected chi connectivity index (χ2v) is 7.61. The fraction of sp³-hybridized carbons (Fsp3) is 0.316. The van der Waals surface area contributed by atoms with E-state index in [2.05, 4.69) is 36.2 Å². The summed E-state index contributed by atoms with van der Waals surface area (Å²) >= 11 is 12.6. The average molecular weight is 407 g/mol. The van der Waals surface area contributed by atoms with E-state index in [1.165, 1.54) is 10.7 Å². The lowest BCUT2D eigenvalue weighted by Gasteiger charge is -2.22. The van der Waals surface area contributed by atoms with Crippen molar-refractivity contribution in [2.75, 3.05) is 5.32 Å². The van der Waals surface area contributed by atoms with Crippen LogP contribution in [-0.4, -0.2) is 31.7 Å². The second-order valence-electron chi connectivity index (χ2n) is 6.81. The number of nitrogens with zero attached hydrogens (tertiary/aromatic N) is 3. The molecule has 0 spiro atoms. The summed E-state index contributed by atoms with van der Waals surface area (Å²) in [6, 6.07) is 7.61. The number of halogens is 2. The van der Waals surface area contributed by atoms with E-state index in [4.69, 9.17) is 23.2 Å². The zero-order valence-corrected chi connectivity index (χ0v) is 16.7.